The van der Waals surface area contributed by atoms with Gasteiger partial charge in [-0.1, -0.05) is 12.2 Å². The van der Waals surface area contributed by atoms with Gasteiger partial charge in [0.1, 0.15) is 5.60 Å². The number of hydrogen-bond acceptors (Lipinski definition) is 7. The number of amides is 1. The van der Waals surface area contributed by atoms with Gasteiger partial charge < -0.3 is 34.1 Å². The van der Waals surface area contributed by atoms with E-state index >= 15 is 0 Å². The molecular formula is C23H39NO7. The number of alkyl carbamates (subject to hydrolysis) is 1. The molecule has 1 amide bonds. The average molecular weight is 442 g/mol. The Morgan fingerprint density at radius 3 is 2.61 bits per heavy atom. The van der Waals surface area contributed by atoms with E-state index in [0.29, 0.717) is 26.2 Å². The zero-order valence-electron chi connectivity index (χ0n) is 19.9. The first-order chi connectivity index (χ1) is 14.3. The molecule has 2 aliphatic rings. The standard InChI is InChI=1S/C23H39NO7/c1-9-23(24-20(26)31-21(4,5)6)17(18-14-29-22(7,8)30-18)11-16(12-19(23)25)13-28-15(3)27-10-2/h9,12,15,17-19,25H,1,10-11,13-14H2,2-8H3,(H,24,26)/t15?,17-,18-,19-,23-/m1/s1. The molecule has 0 aromatic rings. The Balaban J connectivity index is 2.30. The molecule has 8 heteroatoms. The van der Waals surface area contributed by atoms with E-state index < -0.39 is 29.1 Å². The first-order valence-electron chi connectivity index (χ1n) is 10.9. The summed E-state index contributed by atoms with van der Waals surface area (Å²) in [5, 5.41) is 14.0. The number of hydrogen-bond donors (Lipinski definition) is 2. The molecule has 2 rings (SSSR count). The number of carbonyl (C=O) groups excluding carboxylic acids is 1. The summed E-state index contributed by atoms with van der Waals surface area (Å²) in [5.41, 5.74) is -0.979. The highest BCUT2D eigenvalue weighted by Gasteiger charge is 2.53. The molecule has 0 bridgehead atoms. The minimum Gasteiger partial charge on any atom is -0.444 e. The SMILES string of the molecule is C=C[C@]1(NC(=O)OC(C)(C)C)[C@H](O)C=C(COC(C)OCC)C[C@@H]1[C@H]1COC(C)(C)O1. The van der Waals surface area contributed by atoms with Crippen molar-refractivity contribution < 1.29 is 33.6 Å². The van der Waals surface area contributed by atoms with Crippen LogP contribution < -0.4 is 5.32 Å². The van der Waals surface area contributed by atoms with E-state index in [4.69, 9.17) is 23.7 Å². The van der Waals surface area contributed by atoms with Crippen LogP contribution in [0.1, 0.15) is 54.9 Å². The second kappa shape index (κ2) is 10.0. The number of rotatable bonds is 8. The smallest absolute Gasteiger partial charge is 0.408 e. The lowest BCUT2D eigenvalue weighted by Crippen LogP contribution is -2.64. The molecule has 1 fully saturated rings. The second-order valence-corrected chi connectivity index (χ2v) is 9.55. The molecule has 1 aliphatic heterocycles. The summed E-state index contributed by atoms with van der Waals surface area (Å²) in [7, 11) is 0. The van der Waals surface area contributed by atoms with Crippen LogP contribution in [-0.2, 0) is 23.7 Å². The zero-order chi connectivity index (χ0) is 23.4. The molecule has 0 radical (unpaired) electrons. The average Bonchev–Trinajstić information content (AvgIpc) is 3.00. The Bertz CT molecular complexity index is 669. The number of nitrogens with one attached hydrogen (secondary N) is 1. The fourth-order valence-electron chi connectivity index (χ4n) is 4.04. The maximum atomic E-state index is 12.7. The quantitative estimate of drug-likeness (QED) is 0.441. The van der Waals surface area contributed by atoms with Gasteiger partial charge >= 0.3 is 6.09 Å². The van der Waals surface area contributed by atoms with E-state index in [9.17, 15) is 9.90 Å². The van der Waals surface area contributed by atoms with E-state index in [-0.39, 0.29) is 18.3 Å². The predicted molar refractivity (Wildman–Crippen MR) is 116 cm³/mol. The van der Waals surface area contributed by atoms with Gasteiger partial charge in [0.15, 0.2) is 12.1 Å². The van der Waals surface area contributed by atoms with Gasteiger partial charge in [0.2, 0.25) is 0 Å². The fourth-order valence-corrected chi connectivity index (χ4v) is 4.04. The van der Waals surface area contributed by atoms with Gasteiger partial charge in [-0.15, -0.1) is 6.58 Å². The Morgan fingerprint density at radius 1 is 1.42 bits per heavy atom. The second-order valence-electron chi connectivity index (χ2n) is 9.55. The molecule has 31 heavy (non-hydrogen) atoms. The van der Waals surface area contributed by atoms with Crippen LogP contribution >= 0.6 is 0 Å². The lowest BCUT2D eigenvalue weighted by atomic mass is 9.69. The van der Waals surface area contributed by atoms with Crippen molar-refractivity contribution in [2.45, 2.75) is 90.3 Å². The third-order valence-corrected chi connectivity index (χ3v) is 5.42. The van der Waals surface area contributed by atoms with Gasteiger partial charge in [0, 0.05) is 12.5 Å². The molecule has 8 nitrogen and oxygen atoms in total. The topological polar surface area (TPSA) is 95.5 Å². The van der Waals surface area contributed by atoms with Crippen molar-refractivity contribution in [3.63, 3.8) is 0 Å². The minimum atomic E-state index is -1.19. The maximum Gasteiger partial charge on any atom is 0.408 e. The normalized spacial score (nSPS) is 31.6. The molecule has 1 aliphatic carbocycles. The van der Waals surface area contributed by atoms with E-state index in [1.807, 2.05) is 27.7 Å². The summed E-state index contributed by atoms with van der Waals surface area (Å²) in [4.78, 5) is 12.7. The summed E-state index contributed by atoms with van der Waals surface area (Å²) < 4.78 is 28.5. The lowest BCUT2D eigenvalue weighted by molar-refractivity contribution is -0.150. The van der Waals surface area contributed by atoms with Crippen molar-refractivity contribution in [2.24, 2.45) is 5.92 Å². The predicted octanol–water partition coefficient (Wildman–Crippen LogP) is 3.29. The first-order valence-corrected chi connectivity index (χ1v) is 10.9. The highest BCUT2D eigenvalue weighted by atomic mass is 16.7. The van der Waals surface area contributed by atoms with Crippen LogP contribution in [0.25, 0.3) is 0 Å². The third kappa shape index (κ3) is 6.76. The van der Waals surface area contributed by atoms with Crippen molar-refractivity contribution in [2.75, 3.05) is 19.8 Å². The van der Waals surface area contributed by atoms with Gasteiger partial charge in [-0.05, 0) is 60.5 Å². The summed E-state index contributed by atoms with van der Waals surface area (Å²) in [5.74, 6) is -1.10. The van der Waals surface area contributed by atoms with Crippen LogP contribution in [0, 0.1) is 5.92 Å². The molecule has 1 saturated heterocycles. The molecule has 0 aromatic carbocycles. The third-order valence-electron chi connectivity index (χ3n) is 5.42. The summed E-state index contributed by atoms with van der Waals surface area (Å²) in [6, 6.07) is 0. The van der Waals surface area contributed by atoms with Gasteiger partial charge in [-0.3, -0.25) is 0 Å². The van der Waals surface area contributed by atoms with E-state index in [1.165, 1.54) is 0 Å². The molecule has 0 aromatic heterocycles. The summed E-state index contributed by atoms with van der Waals surface area (Å²) >= 11 is 0. The molecule has 0 spiro atoms. The monoisotopic (exact) mass is 441 g/mol. The minimum absolute atomic E-state index is 0.297. The van der Waals surface area contributed by atoms with E-state index in [1.54, 1.807) is 32.9 Å². The lowest BCUT2D eigenvalue weighted by Gasteiger charge is -2.47. The van der Waals surface area contributed by atoms with Crippen LogP contribution in [-0.4, -0.2) is 66.4 Å². The number of carbonyl (C=O) groups is 1. The van der Waals surface area contributed by atoms with Crippen LogP contribution in [0.4, 0.5) is 4.79 Å². The van der Waals surface area contributed by atoms with Crippen molar-refractivity contribution in [1.82, 2.24) is 5.32 Å². The van der Waals surface area contributed by atoms with Crippen LogP contribution in [0.2, 0.25) is 0 Å². The van der Waals surface area contributed by atoms with Crippen molar-refractivity contribution in [1.29, 1.82) is 0 Å². The van der Waals surface area contributed by atoms with Gasteiger partial charge in [0.05, 0.1) is 31.0 Å². The van der Waals surface area contributed by atoms with Crippen LogP contribution in [0.15, 0.2) is 24.3 Å². The van der Waals surface area contributed by atoms with Crippen LogP contribution in [0.5, 0.6) is 0 Å². The van der Waals surface area contributed by atoms with Crippen LogP contribution in [0.3, 0.4) is 0 Å². The Morgan fingerprint density at radius 2 is 2.10 bits per heavy atom. The highest BCUT2D eigenvalue weighted by Crippen LogP contribution is 2.42. The van der Waals surface area contributed by atoms with E-state index in [2.05, 4.69) is 11.9 Å². The Kier molecular flexibility index (Phi) is 8.33. The zero-order valence-corrected chi connectivity index (χ0v) is 19.9. The van der Waals surface area contributed by atoms with Gasteiger partial charge in [-0.2, -0.15) is 0 Å². The molecular weight excluding hydrogens is 402 g/mol. The molecule has 178 valence electrons. The van der Waals surface area contributed by atoms with Gasteiger partial charge in [-0.25, -0.2) is 4.79 Å². The number of ether oxygens (including phenoxy) is 5. The largest absolute Gasteiger partial charge is 0.444 e. The molecule has 5 atom stereocenters. The van der Waals surface area contributed by atoms with Crippen molar-refractivity contribution >= 4 is 6.09 Å². The summed E-state index contributed by atoms with van der Waals surface area (Å²) in [6.45, 7) is 17.9. The van der Waals surface area contributed by atoms with Crippen molar-refractivity contribution in [3.05, 3.63) is 24.3 Å². The molecule has 1 unspecified atom stereocenters. The molecule has 0 saturated carbocycles. The summed E-state index contributed by atoms with van der Waals surface area (Å²) in [6.07, 6.45) is 1.37. The molecule has 2 N–H and O–H groups in total. The first kappa shape index (κ1) is 25.8. The number of aliphatic hydroxyl groups is 1. The number of aliphatic hydroxyl groups excluding tert-OH is 1. The Labute approximate surface area is 185 Å². The maximum absolute atomic E-state index is 12.7. The van der Waals surface area contributed by atoms with E-state index in [0.717, 1.165) is 5.57 Å². The fraction of sp³-hybridized carbons (Fsp3) is 0.783. The highest BCUT2D eigenvalue weighted by molar-refractivity contribution is 5.70. The van der Waals surface area contributed by atoms with Crippen molar-refractivity contribution in [3.8, 4) is 0 Å². The Hall–Kier alpha value is -1.45. The van der Waals surface area contributed by atoms with Gasteiger partial charge in [0.25, 0.3) is 0 Å². The molecule has 1 heterocycles.